The van der Waals surface area contributed by atoms with Gasteiger partial charge in [-0.25, -0.2) is 0 Å². The van der Waals surface area contributed by atoms with Crippen LogP contribution in [0, 0.1) is 0 Å². The quantitative estimate of drug-likeness (QED) is 0.943. The second-order valence-electron chi connectivity index (χ2n) is 4.31. The maximum Gasteiger partial charge on any atom is 0.573 e. The van der Waals surface area contributed by atoms with Crippen molar-refractivity contribution < 1.29 is 22.7 Å². The number of nitrogens with zero attached hydrogens (tertiary/aromatic N) is 2. The highest BCUT2D eigenvalue weighted by molar-refractivity contribution is 6.05. The fourth-order valence-electron chi connectivity index (χ4n) is 1.84. The van der Waals surface area contributed by atoms with Crippen LogP contribution in [0.4, 0.5) is 18.9 Å². The lowest BCUT2D eigenvalue weighted by Gasteiger charge is -2.11. The fourth-order valence-corrected chi connectivity index (χ4v) is 1.84. The molecule has 5 nitrogen and oxygen atoms in total. The molecule has 0 fully saturated rings. The van der Waals surface area contributed by atoms with Gasteiger partial charge in [0.25, 0.3) is 5.91 Å². The average Bonchev–Trinajstić information content (AvgIpc) is 2.78. The molecule has 0 aliphatic heterocycles. The van der Waals surface area contributed by atoms with Crippen LogP contribution >= 0.6 is 0 Å². The maximum absolute atomic E-state index is 12.2. The lowest BCUT2D eigenvalue weighted by atomic mass is 10.2. The number of alkyl halides is 3. The van der Waals surface area contributed by atoms with E-state index in [4.69, 9.17) is 0 Å². The highest BCUT2D eigenvalue weighted by atomic mass is 19.4. The summed E-state index contributed by atoms with van der Waals surface area (Å²) in [4.78, 5) is 12.2. The zero-order chi connectivity index (χ0) is 16.3. The molecule has 0 saturated carbocycles. The van der Waals surface area contributed by atoms with Crippen molar-refractivity contribution in [2.75, 3.05) is 5.32 Å². The Balaban J connectivity index is 2.20. The third kappa shape index (κ3) is 3.66. The van der Waals surface area contributed by atoms with Gasteiger partial charge in [-0.3, -0.25) is 9.48 Å². The van der Waals surface area contributed by atoms with E-state index in [1.165, 1.54) is 29.1 Å². The Morgan fingerprint density at radius 1 is 1.45 bits per heavy atom. The van der Waals surface area contributed by atoms with E-state index in [0.29, 0.717) is 5.56 Å². The van der Waals surface area contributed by atoms with Crippen molar-refractivity contribution >= 4 is 17.7 Å². The van der Waals surface area contributed by atoms with Gasteiger partial charge in [-0.05, 0) is 12.1 Å². The molecule has 0 atom stereocenters. The van der Waals surface area contributed by atoms with Crippen molar-refractivity contribution in [1.82, 2.24) is 9.78 Å². The first kappa shape index (κ1) is 15.6. The number of hydrogen-bond acceptors (Lipinski definition) is 3. The van der Waals surface area contributed by atoms with Crippen LogP contribution in [0.25, 0.3) is 6.08 Å². The number of carbonyl (C=O) groups is 1. The van der Waals surface area contributed by atoms with Crippen LogP contribution < -0.4 is 10.1 Å². The minimum atomic E-state index is -4.79. The number of halogens is 3. The van der Waals surface area contributed by atoms with Crippen LogP contribution in [0.5, 0.6) is 5.75 Å². The largest absolute Gasteiger partial charge is 0.573 e. The smallest absolute Gasteiger partial charge is 0.406 e. The molecule has 1 aromatic heterocycles. The monoisotopic (exact) mass is 311 g/mol. The van der Waals surface area contributed by atoms with Crippen molar-refractivity contribution in [2.24, 2.45) is 7.05 Å². The third-order valence-electron chi connectivity index (χ3n) is 2.73. The Labute approximate surface area is 124 Å². The summed E-state index contributed by atoms with van der Waals surface area (Å²) >= 11 is 0. The number of benzene rings is 1. The predicted molar refractivity (Wildman–Crippen MR) is 74.4 cm³/mol. The molecule has 1 amide bonds. The van der Waals surface area contributed by atoms with Crippen molar-refractivity contribution in [1.29, 1.82) is 0 Å². The number of aryl methyl sites for hydroxylation is 1. The minimum Gasteiger partial charge on any atom is -0.406 e. The van der Waals surface area contributed by atoms with Gasteiger partial charge in [0.2, 0.25) is 0 Å². The molecule has 22 heavy (non-hydrogen) atoms. The highest BCUT2D eigenvalue weighted by Gasteiger charge is 2.31. The number of anilines is 1. The molecule has 2 rings (SSSR count). The molecule has 0 aliphatic carbocycles. The average molecular weight is 311 g/mol. The second kappa shape index (κ2) is 5.92. The molecular weight excluding hydrogens is 299 g/mol. The van der Waals surface area contributed by atoms with Gasteiger partial charge in [-0.2, -0.15) is 5.10 Å². The standard InChI is InChI=1S/C14H12F3N3O2/c1-3-9-8-18-20(2)12(9)13(21)19-10-5-4-6-11(7-10)22-14(15,16)17/h3-8H,1H2,2H3,(H,19,21). The van der Waals surface area contributed by atoms with Crippen LogP contribution in [0.3, 0.4) is 0 Å². The van der Waals surface area contributed by atoms with Crippen LogP contribution in [0.1, 0.15) is 16.1 Å². The topological polar surface area (TPSA) is 56.2 Å². The van der Waals surface area contributed by atoms with Gasteiger partial charge in [-0.1, -0.05) is 18.7 Å². The molecule has 0 saturated heterocycles. The molecule has 1 aromatic carbocycles. The Morgan fingerprint density at radius 3 is 2.82 bits per heavy atom. The van der Waals surface area contributed by atoms with Gasteiger partial charge in [0, 0.05) is 24.4 Å². The van der Waals surface area contributed by atoms with Gasteiger partial charge < -0.3 is 10.1 Å². The zero-order valence-corrected chi connectivity index (χ0v) is 11.5. The summed E-state index contributed by atoms with van der Waals surface area (Å²) in [5.41, 5.74) is 0.933. The first-order valence-electron chi connectivity index (χ1n) is 6.12. The Bertz CT molecular complexity index is 708. The molecule has 0 bridgehead atoms. The van der Waals surface area contributed by atoms with Crippen molar-refractivity contribution in [3.63, 3.8) is 0 Å². The Morgan fingerprint density at radius 2 is 2.18 bits per heavy atom. The van der Waals surface area contributed by atoms with Crippen LogP contribution in [-0.4, -0.2) is 22.1 Å². The molecule has 116 valence electrons. The molecular formula is C14H12F3N3O2. The van der Waals surface area contributed by atoms with Gasteiger partial charge in [0.05, 0.1) is 6.20 Å². The molecule has 0 unspecified atom stereocenters. The Kier molecular flexibility index (Phi) is 4.20. The molecule has 8 heteroatoms. The van der Waals surface area contributed by atoms with E-state index in [9.17, 15) is 18.0 Å². The van der Waals surface area contributed by atoms with Crippen LogP contribution in [0.15, 0.2) is 37.0 Å². The van der Waals surface area contributed by atoms with Gasteiger partial charge in [-0.15, -0.1) is 13.2 Å². The first-order valence-corrected chi connectivity index (χ1v) is 6.12. The van der Waals surface area contributed by atoms with E-state index in [2.05, 4.69) is 21.7 Å². The summed E-state index contributed by atoms with van der Waals surface area (Å²) in [7, 11) is 1.57. The molecule has 0 spiro atoms. The highest BCUT2D eigenvalue weighted by Crippen LogP contribution is 2.25. The minimum absolute atomic E-state index is 0.169. The van der Waals surface area contributed by atoms with Crippen molar-refractivity contribution in [2.45, 2.75) is 6.36 Å². The first-order chi connectivity index (χ1) is 10.3. The summed E-state index contributed by atoms with van der Waals surface area (Å²) in [6.07, 6.45) is -1.86. The molecule has 1 heterocycles. The number of rotatable bonds is 4. The summed E-state index contributed by atoms with van der Waals surface area (Å²) in [6.45, 7) is 3.57. The van der Waals surface area contributed by atoms with E-state index in [-0.39, 0.29) is 11.4 Å². The predicted octanol–water partition coefficient (Wildman–Crippen LogP) is 3.21. The third-order valence-corrected chi connectivity index (χ3v) is 2.73. The van der Waals surface area contributed by atoms with E-state index in [0.717, 1.165) is 12.1 Å². The number of nitrogens with one attached hydrogen (secondary N) is 1. The second-order valence-corrected chi connectivity index (χ2v) is 4.31. The normalized spacial score (nSPS) is 11.1. The lowest BCUT2D eigenvalue weighted by molar-refractivity contribution is -0.274. The number of hydrogen-bond donors (Lipinski definition) is 1. The number of ether oxygens (including phenoxy) is 1. The van der Waals surface area contributed by atoms with Gasteiger partial charge in [0.1, 0.15) is 11.4 Å². The van der Waals surface area contributed by atoms with Crippen molar-refractivity contribution in [3.05, 3.63) is 48.3 Å². The molecule has 0 radical (unpaired) electrons. The summed E-state index contributed by atoms with van der Waals surface area (Å²) < 4.78 is 41.7. The van der Waals surface area contributed by atoms with Crippen LogP contribution in [-0.2, 0) is 7.05 Å². The molecule has 0 aliphatic rings. The molecule has 2 aromatic rings. The summed E-state index contributed by atoms with van der Waals surface area (Å²) in [5.74, 6) is -0.932. The van der Waals surface area contributed by atoms with Gasteiger partial charge >= 0.3 is 6.36 Å². The summed E-state index contributed by atoms with van der Waals surface area (Å²) in [5, 5.41) is 6.42. The van der Waals surface area contributed by atoms with E-state index in [1.54, 1.807) is 7.05 Å². The van der Waals surface area contributed by atoms with Crippen molar-refractivity contribution in [3.8, 4) is 5.75 Å². The zero-order valence-electron chi connectivity index (χ0n) is 11.5. The van der Waals surface area contributed by atoms with E-state index in [1.807, 2.05) is 0 Å². The lowest BCUT2D eigenvalue weighted by Crippen LogP contribution is -2.18. The van der Waals surface area contributed by atoms with E-state index >= 15 is 0 Å². The maximum atomic E-state index is 12.2. The van der Waals surface area contributed by atoms with Crippen LogP contribution in [0.2, 0.25) is 0 Å². The number of amides is 1. The number of carbonyl (C=O) groups excluding carboxylic acids is 1. The fraction of sp³-hybridized carbons (Fsp3) is 0.143. The number of aromatic nitrogens is 2. The Hall–Kier alpha value is -2.77. The summed E-state index contributed by atoms with van der Waals surface area (Å²) in [6, 6.07) is 5.01. The van der Waals surface area contributed by atoms with Gasteiger partial charge in [0.15, 0.2) is 0 Å². The molecule has 1 N–H and O–H groups in total. The van der Waals surface area contributed by atoms with E-state index < -0.39 is 18.0 Å². The SMILES string of the molecule is C=Cc1cnn(C)c1C(=O)Nc1cccc(OC(F)(F)F)c1.